The fourth-order valence-electron chi connectivity index (χ4n) is 2.13. The molecule has 0 saturated carbocycles. The number of hydrogen-bond acceptors (Lipinski definition) is 7. The summed E-state index contributed by atoms with van der Waals surface area (Å²) < 4.78 is 40.8. The van der Waals surface area contributed by atoms with Gasteiger partial charge in [-0.05, 0) is 36.8 Å². The molecular weight excluding hydrogens is 397 g/mol. The molecule has 10 nitrogen and oxygen atoms in total. The van der Waals surface area contributed by atoms with Crippen molar-refractivity contribution in [3.8, 4) is 0 Å². The number of sulfonamides is 1. The van der Waals surface area contributed by atoms with Crippen LogP contribution >= 0.6 is 0 Å². The summed E-state index contributed by atoms with van der Waals surface area (Å²) in [5.74, 6) is -2.88. The zero-order valence-electron chi connectivity index (χ0n) is 14.3. The third-order valence-corrected chi connectivity index (χ3v) is 4.43. The number of nitro benzene ring substituents is 1. The monoisotopic (exact) mass is 411 g/mol. The zero-order chi connectivity index (χ0) is 21.1. The van der Waals surface area contributed by atoms with Crippen LogP contribution in [0.3, 0.4) is 0 Å². The van der Waals surface area contributed by atoms with E-state index < -0.39 is 44.9 Å². The van der Waals surface area contributed by atoms with Gasteiger partial charge in [-0.1, -0.05) is 6.07 Å². The Hall–Kier alpha value is -3.38. The van der Waals surface area contributed by atoms with Gasteiger partial charge in [0.25, 0.3) is 5.91 Å². The summed E-state index contributed by atoms with van der Waals surface area (Å²) in [6.07, 6.45) is 0. The normalized spacial score (nSPS) is 11.0. The molecule has 0 unspecified atom stereocenters. The number of nitrogens with two attached hydrogens (primary N) is 1. The highest BCUT2D eigenvalue weighted by atomic mass is 32.2. The molecule has 2 aromatic carbocycles. The van der Waals surface area contributed by atoms with E-state index in [-0.39, 0.29) is 16.1 Å². The van der Waals surface area contributed by atoms with E-state index in [1.807, 2.05) is 0 Å². The smallest absolute Gasteiger partial charge is 0.338 e. The van der Waals surface area contributed by atoms with E-state index in [1.54, 1.807) is 0 Å². The summed E-state index contributed by atoms with van der Waals surface area (Å²) in [5.41, 5.74) is -0.601. The molecule has 0 aliphatic rings. The first-order valence-corrected chi connectivity index (χ1v) is 9.08. The number of aryl methyl sites for hydroxylation is 1. The van der Waals surface area contributed by atoms with Crippen molar-refractivity contribution in [1.82, 2.24) is 0 Å². The predicted octanol–water partition coefficient (Wildman–Crippen LogP) is 1.49. The minimum Gasteiger partial charge on any atom is -0.452 e. The van der Waals surface area contributed by atoms with Gasteiger partial charge in [-0.25, -0.2) is 18.4 Å². The van der Waals surface area contributed by atoms with E-state index in [0.717, 1.165) is 24.3 Å². The van der Waals surface area contributed by atoms with Crippen LogP contribution in [0, 0.1) is 22.9 Å². The Balaban J connectivity index is 2.06. The van der Waals surface area contributed by atoms with Crippen molar-refractivity contribution < 1.29 is 32.1 Å². The van der Waals surface area contributed by atoms with Crippen LogP contribution in [0.2, 0.25) is 0 Å². The van der Waals surface area contributed by atoms with Crippen molar-refractivity contribution in [3.63, 3.8) is 0 Å². The van der Waals surface area contributed by atoms with Crippen molar-refractivity contribution >= 4 is 33.3 Å². The molecule has 0 fully saturated rings. The lowest BCUT2D eigenvalue weighted by Gasteiger charge is -2.09. The number of nitro groups is 1. The van der Waals surface area contributed by atoms with E-state index in [0.29, 0.717) is 5.56 Å². The molecule has 0 aliphatic heterocycles. The summed E-state index contributed by atoms with van der Waals surface area (Å²) in [6, 6.07) is 6.32. The number of hydrogen-bond donors (Lipinski definition) is 2. The van der Waals surface area contributed by atoms with E-state index in [9.17, 15) is 32.5 Å². The van der Waals surface area contributed by atoms with Gasteiger partial charge in [-0.3, -0.25) is 14.9 Å². The van der Waals surface area contributed by atoms with Gasteiger partial charge < -0.3 is 10.1 Å². The van der Waals surface area contributed by atoms with Gasteiger partial charge in [0.1, 0.15) is 0 Å². The molecule has 12 heteroatoms. The highest BCUT2D eigenvalue weighted by Gasteiger charge is 2.18. The Morgan fingerprint density at radius 3 is 2.54 bits per heavy atom. The first-order valence-electron chi connectivity index (χ1n) is 7.53. The maximum Gasteiger partial charge on any atom is 0.338 e. The summed E-state index contributed by atoms with van der Waals surface area (Å²) in [5, 5.41) is 17.9. The zero-order valence-corrected chi connectivity index (χ0v) is 15.2. The van der Waals surface area contributed by atoms with Crippen LogP contribution in [0.1, 0.15) is 15.9 Å². The molecule has 0 saturated heterocycles. The molecule has 0 aliphatic carbocycles. The first-order chi connectivity index (χ1) is 13.0. The third-order valence-electron chi connectivity index (χ3n) is 3.52. The number of nitrogens with zero attached hydrogens (tertiary/aromatic N) is 1. The number of ether oxygens (including phenoxy) is 1. The Morgan fingerprint density at radius 2 is 1.93 bits per heavy atom. The Labute approximate surface area is 158 Å². The lowest BCUT2D eigenvalue weighted by atomic mass is 10.1. The Morgan fingerprint density at radius 1 is 1.25 bits per heavy atom. The molecule has 0 radical (unpaired) electrons. The van der Waals surface area contributed by atoms with Crippen molar-refractivity contribution in [1.29, 1.82) is 0 Å². The van der Waals surface area contributed by atoms with Gasteiger partial charge >= 0.3 is 11.7 Å². The number of rotatable bonds is 6. The molecule has 0 aromatic heterocycles. The predicted molar refractivity (Wildman–Crippen MR) is 94.5 cm³/mol. The number of esters is 1. The number of nitrogens with one attached hydrogen (secondary N) is 1. The summed E-state index contributed by atoms with van der Waals surface area (Å²) >= 11 is 0. The van der Waals surface area contributed by atoms with E-state index in [2.05, 4.69) is 5.32 Å². The van der Waals surface area contributed by atoms with E-state index in [4.69, 9.17) is 9.88 Å². The van der Waals surface area contributed by atoms with Gasteiger partial charge in [0, 0.05) is 11.8 Å². The van der Waals surface area contributed by atoms with Gasteiger partial charge in [-0.15, -0.1) is 0 Å². The highest BCUT2D eigenvalue weighted by Crippen LogP contribution is 2.21. The van der Waals surface area contributed by atoms with Crippen LogP contribution in [-0.4, -0.2) is 31.8 Å². The Kier molecular flexibility index (Phi) is 6.06. The van der Waals surface area contributed by atoms with Gasteiger partial charge in [-0.2, -0.15) is 4.39 Å². The molecule has 0 bridgehead atoms. The van der Waals surface area contributed by atoms with Crippen LogP contribution in [0.4, 0.5) is 15.8 Å². The molecule has 2 rings (SSSR count). The second kappa shape index (κ2) is 8.10. The lowest BCUT2D eigenvalue weighted by Crippen LogP contribution is -2.21. The Bertz CT molecular complexity index is 1070. The van der Waals surface area contributed by atoms with Crippen LogP contribution in [0.25, 0.3) is 0 Å². The minimum absolute atomic E-state index is 0.0680. The lowest BCUT2D eigenvalue weighted by molar-refractivity contribution is -0.387. The molecule has 0 atom stereocenters. The number of anilines is 1. The number of amides is 1. The molecule has 148 valence electrons. The average Bonchev–Trinajstić information content (AvgIpc) is 2.60. The molecule has 28 heavy (non-hydrogen) atoms. The van der Waals surface area contributed by atoms with Crippen molar-refractivity contribution in [2.75, 3.05) is 11.9 Å². The molecule has 2 aromatic rings. The fourth-order valence-corrected chi connectivity index (χ4v) is 2.67. The molecular formula is C16H14FN3O7S. The number of primary sulfonamides is 1. The topological polar surface area (TPSA) is 159 Å². The van der Waals surface area contributed by atoms with Gasteiger partial charge in [0.15, 0.2) is 6.61 Å². The average molecular weight is 411 g/mol. The second-order valence-corrected chi connectivity index (χ2v) is 7.13. The summed E-state index contributed by atoms with van der Waals surface area (Å²) in [6.45, 7) is 0.768. The molecule has 1 amide bonds. The van der Waals surface area contributed by atoms with Crippen LogP contribution < -0.4 is 10.5 Å². The summed E-state index contributed by atoms with van der Waals surface area (Å²) in [7, 11) is -4.03. The second-order valence-electron chi connectivity index (χ2n) is 5.57. The minimum atomic E-state index is -4.03. The first kappa shape index (κ1) is 20.9. The molecule has 0 spiro atoms. The van der Waals surface area contributed by atoms with Crippen molar-refractivity contribution in [2.45, 2.75) is 11.8 Å². The number of halogens is 1. The van der Waals surface area contributed by atoms with E-state index in [1.165, 1.54) is 19.1 Å². The number of benzene rings is 2. The largest absolute Gasteiger partial charge is 0.452 e. The van der Waals surface area contributed by atoms with Crippen LogP contribution in [-0.2, 0) is 19.6 Å². The van der Waals surface area contributed by atoms with Gasteiger partial charge in [0.2, 0.25) is 15.8 Å². The van der Waals surface area contributed by atoms with E-state index >= 15 is 0 Å². The SMILES string of the molecule is Cc1ccc(S(N)(=O)=O)cc1C(=O)OCC(=O)Nc1ccc(F)c([N+](=O)[O-])c1. The number of carbonyl (C=O) groups excluding carboxylic acids is 2. The maximum absolute atomic E-state index is 13.3. The van der Waals surface area contributed by atoms with Crippen LogP contribution in [0.15, 0.2) is 41.3 Å². The van der Waals surface area contributed by atoms with Gasteiger partial charge in [0.05, 0.1) is 15.4 Å². The number of carbonyl (C=O) groups is 2. The van der Waals surface area contributed by atoms with Crippen molar-refractivity contribution in [3.05, 3.63) is 63.5 Å². The molecule has 0 heterocycles. The summed E-state index contributed by atoms with van der Waals surface area (Å²) in [4.78, 5) is 33.4. The quantitative estimate of drug-likeness (QED) is 0.414. The standard InChI is InChI=1S/C16H14FN3O7S/c1-9-2-4-11(28(18,25)26)7-12(9)16(22)27-8-15(21)19-10-3-5-13(17)14(6-10)20(23)24/h2-7H,8H2,1H3,(H,19,21)(H2,18,25,26). The van der Waals surface area contributed by atoms with Crippen molar-refractivity contribution in [2.24, 2.45) is 5.14 Å². The molecule has 3 N–H and O–H groups in total. The third kappa shape index (κ3) is 5.08. The van der Waals surface area contributed by atoms with Crippen LogP contribution in [0.5, 0.6) is 0 Å². The highest BCUT2D eigenvalue weighted by molar-refractivity contribution is 7.89. The maximum atomic E-state index is 13.3. The fraction of sp³-hybridized carbons (Fsp3) is 0.125.